The lowest BCUT2D eigenvalue weighted by atomic mass is 10.2. The van der Waals surface area contributed by atoms with Crippen molar-refractivity contribution >= 4 is 21.8 Å². The van der Waals surface area contributed by atoms with E-state index in [9.17, 15) is 12.8 Å². The van der Waals surface area contributed by atoms with Gasteiger partial charge in [-0.2, -0.15) is 11.8 Å². The van der Waals surface area contributed by atoms with Crippen molar-refractivity contribution in [3.63, 3.8) is 0 Å². The van der Waals surface area contributed by atoms with Crippen molar-refractivity contribution in [1.82, 2.24) is 4.72 Å². The van der Waals surface area contributed by atoms with Gasteiger partial charge in [0.05, 0.1) is 11.5 Å². The Morgan fingerprint density at radius 2 is 2.28 bits per heavy atom. The molecule has 0 saturated carbocycles. The van der Waals surface area contributed by atoms with Gasteiger partial charge in [-0.3, -0.25) is 0 Å². The molecule has 1 aliphatic rings. The first kappa shape index (κ1) is 13.8. The van der Waals surface area contributed by atoms with Gasteiger partial charge in [0.25, 0.3) is 0 Å². The van der Waals surface area contributed by atoms with Crippen molar-refractivity contribution < 1.29 is 17.9 Å². The Labute approximate surface area is 110 Å². The maximum absolute atomic E-state index is 13.2. The molecule has 0 bridgehead atoms. The summed E-state index contributed by atoms with van der Waals surface area (Å²) in [6.45, 7) is -0.519. The maximum Gasteiger partial charge on any atom is 0.240 e. The van der Waals surface area contributed by atoms with Gasteiger partial charge in [-0.25, -0.2) is 17.5 Å². The second-order valence-corrected chi connectivity index (χ2v) is 6.96. The Hall–Kier alpha value is -0.630. The van der Waals surface area contributed by atoms with Crippen LogP contribution in [0.1, 0.15) is 12.0 Å². The third kappa shape index (κ3) is 3.03. The van der Waals surface area contributed by atoms with Crippen LogP contribution in [-0.2, 0) is 16.6 Å². The van der Waals surface area contributed by atoms with Gasteiger partial charge in [0.15, 0.2) is 0 Å². The standard InChI is InChI=1S/C11H14FNO3S2/c12-11-2-1-10(5-8(11)6-14)18(15,16)13-9-3-4-17-7-9/h1-2,5,9,13-14H,3-4,6-7H2. The first-order valence-corrected chi connectivity index (χ1v) is 8.16. The zero-order chi connectivity index (χ0) is 13.2. The molecule has 7 heteroatoms. The van der Waals surface area contributed by atoms with Crippen molar-refractivity contribution in [2.75, 3.05) is 11.5 Å². The van der Waals surface area contributed by atoms with Crippen LogP contribution >= 0.6 is 11.8 Å². The summed E-state index contributed by atoms with van der Waals surface area (Å²) in [5.41, 5.74) is -0.0151. The molecule has 0 aromatic heterocycles. The number of halogens is 1. The lowest BCUT2D eigenvalue weighted by Gasteiger charge is -2.12. The number of sulfonamides is 1. The molecule has 0 amide bonds. The maximum atomic E-state index is 13.2. The first-order valence-electron chi connectivity index (χ1n) is 5.52. The number of nitrogens with one attached hydrogen (secondary N) is 1. The molecule has 18 heavy (non-hydrogen) atoms. The number of hydrogen-bond donors (Lipinski definition) is 2. The highest BCUT2D eigenvalue weighted by Crippen LogP contribution is 2.20. The molecule has 0 aliphatic carbocycles. The monoisotopic (exact) mass is 291 g/mol. The van der Waals surface area contributed by atoms with Crippen LogP contribution in [0.25, 0.3) is 0 Å². The number of aliphatic hydroxyl groups excluding tert-OH is 1. The van der Waals surface area contributed by atoms with E-state index in [0.717, 1.165) is 24.0 Å². The Morgan fingerprint density at radius 1 is 1.50 bits per heavy atom. The molecular weight excluding hydrogens is 277 g/mol. The van der Waals surface area contributed by atoms with Gasteiger partial charge < -0.3 is 5.11 Å². The van der Waals surface area contributed by atoms with E-state index in [0.29, 0.717) is 0 Å². The molecule has 2 N–H and O–H groups in total. The summed E-state index contributed by atoms with van der Waals surface area (Å²) in [6, 6.07) is 3.37. The molecule has 1 aliphatic heterocycles. The number of benzene rings is 1. The summed E-state index contributed by atoms with van der Waals surface area (Å²) < 4.78 is 39.9. The Kier molecular flexibility index (Phi) is 4.26. The van der Waals surface area contributed by atoms with Gasteiger partial charge in [0.2, 0.25) is 10.0 Å². The highest BCUT2D eigenvalue weighted by molar-refractivity contribution is 7.99. The molecule has 1 saturated heterocycles. The van der Waals surface area contributed by atoms with Crippen LogP contribution in [-0.4, -0.2) is 31.1 Å². The molecule has 0 radical (unpaired) electrons. The second-order valence-electron chi connectivity index (χ2n) is 4.09. The van der Waals surface area contributed by atoms with Crippen molar-refractivity contribution in [2.24, 2.45) is 0 Å². The van der Waals surface area contributed by atoms with Crippen LogP contribution in [0.4, 0.5) is 4.39 Å². The van der Waals surface area contributed by atoms with Crippen LogP contribution in [0.15, 0.2) is 23.1 Å². The van der Waals surface area contributed by atoms with Crippen molar-refractivity contribution in [2.45, 2.75) is 24.0 Å². The highest BCUT2D eigenvalue weighted by Gasteiger charge is 2.23. The van der Waals surface area contributed by atoms with Crippen molar-refractivity contribution in [1.29, 1.82) is 0 Å². The fourth-order valence-corrected chi connectivity index (χ4v) is 4.33. The molecular formula is C11H14FNO3S2. The Bertz CT molecular complexity index is 527. The van der Waals surface area contributed by atoms with Crippen LogP contribution in [0, 0.1) is 5.82 Å². The van der Waals surface area contributed by atoms with Gasteiger partial charge in [0, 0.05) is 17.4 Å². The summed E-state index contributed by atoms with van der Waals surface area (Å²) in [4.78, 5) is -0.00940. The van der Waals surface area contributed by atoms with E-state index in [2.05, 4.69) is 4.72 Å². The summed E-state index contributed by atoms with van der Waals surface area (Å²) in [5, 5.41) is 8.93. The molecule has 1 unspecified atom stereocenters. The molecule has 1 atom stereocenters. The quantitative estimate of drug-likeness (QED) is 0.872. The van der Waals surface area contributed by atoms with E-state index in [1.54, 1.807) is 11.8 Å². The summed E-state index contributed by atoms with van der Waals surface area (Å²) in [5.74, 6) is 1.10. The van der Waals surface area contributed by atoms with Crippen LogP contribution in [0.3, 0.4) is 0 Å². The summed E-state index contributed by atoms with van der Waals surface area (Å²) in [6.07, 6.45) is 0.804. The molecule has 1 aromatic carbocycles. The predicted molar refractivity (Wildman–Crippen MR) is 68.4 cm³/mol. The van der Waals surface area contributed by atoms with E-state index in [1.165, 1.54) is 12.1 Å². The minimum Gasteiger partial charge on any atom is -0.392 e. The molecule has 1 heterocycles. The lowest BCUT2D eigenvalue weighted by Crippen LogP contribution is -2.34. The highest BCUT2D eigenvalue weighted by atomic mass is 32.2. The summed E-state index contributed by atoms with van der Waals surface area (Å²) in [7, 11) is -3.63. The zero-order valence-corrected chi connectivity index (χ0v) is 11.2. The number of rotatable bonds is 4. The fourth-order valence-electron chi connectivity index (χ4n) is 1.75. The van der Waals surface area contributed by atoms with Crippen molar-refractivity contribution in [3.8, 4) is 0 Å². The van der Waals surface area contributed by atoms with Gasteiger partial charge in [-0.05, 0) is 30.4 Å². The van der Waals surface area contributed by atoms with Gasteiger partial charge in [0.1, 0.15) is 5.82 Å². The zero-order valence-electron chi connectivity index (χ0n) is 9.60. The molecule has 1 fully saturated rings. The third-order valence-corrected chi connectivity index (χ3v) is 5.43. The number of thioether (sulfide) groups is 1. The third-order valence-electron chi connectivity index (χ3n) is 2.75. The average molecular weight is 291 g/mol. The average Bonchev–Trinajstić information content (AvgIpc) is 2.81. The van der Waals surface area contributed by atoms with E-state index in [4.69, 9.17) is 5.11 Å². The largest absolute Gasteiger partial charge is 0.392 e. The molecule has 100 valence electrons. The SMILES string of the molecule is O=S(=O)(NC1CCSC1)c1ccc(F)c(CO)c1. The first-order chi connectivity index (χ1) is 8.53. The van der Waals surface area contributed by atoms with Gasteiger partial charge in [-0.1, -0.05) is 0 Å². The molecule has 0 spiro atoms. The minimum atomic E-state index is -3.63. The van der Waals surface area contributed by atoms with E-state index in [1.807, 2.05) is 0 Å². The second kappa shape index (κ2) is 5.56. The molecule has 1 aromatic rings. The molecule has 4 nitrogen and oxygen atoms in total. The fraction of sp³-hybridized carbons (Fsp3) is 0.455. The van der Waals surface area contributed by atoms with E-state index < -0.39 is 22.4 Å². The number of hydrogen-bond acceptors (Lipinski definition) is 4. The normalized spacial score (nSPS) is 20.2. The topological polar surface area (TPSA) is 66.4 Å². The smallest absolute Gasteiger partial charge is 0.240 e. The Morgan fingerprint density at radius 3 is 2.89 bits per heavy atom. The van der Waals surface area contributed by atoms with Gasteiger partial charge in [-0.15, -0.1) is 0 Å². The lowest BCUT2D eigenvalue weighted by molar-refractivity contribution is 0.275. The van der Waals surface area contributed by atoms with Gasteiger partial charge >= 0.3 is 0 Å². The predicted octanol–water partition coefficient (Wildman–Crippen LogP) is 1.10. The van der Waals surface area contributed by atoms with Crippen LogP contribution in [0.5, 0.6) is 0 Å². The van der Waals surface area contributed by atoms with E-state index in [-0.39, 0.29) is 16.5 Å². The van der Waals surface area contributed by atoms with E-state index >= 15 is 0 Å². The Balaban J connectivity index is 2.23. The van der Waals surface area contributed by atoms with Crippen molar-refractivity contribution in [3.05, 3.63) is 29.6 Å². The van der Waals surface area contributed by atoms with Crippen LogP contribution < -0.4 is 4.72 Å². The molecule has 2 rings (SSSR count). The summed E-state index contributed by atoms with van der Waals surface area (Å²) >= 11 is 1.70. The minimum absolute atomic E-state index is 0.00940. The van der Waals surface area contributed by atoms with Crippen LogP contribution in [0.2, 0.25) is 0 Å². The number of aliphatic hydroxyl groups is 1.